The molecule has 2 aromatic carbocycles. The maximum Gasteiger partial charge on any atom is 0.287 e. The maximum absolute atomic E-state index is 12.4. The molecule has 124 valence electrons. The number of hydrogen-bond donors (Lipinski definition) is 1. The Morgan fingerprint density at radius 2 is 2.04 bits per heavy atom. The van der Waals surface area contributed by atoms with Gasteiger partial charge in [-0.05, 0) is 43.2 Å². The molecule has 0 saturated heterocycles. The highest BCUT2D eigenvalue weighted by molar-refractivity contribution is 6.31. The average molecular weight is 344 g/mol. The van der Waals surface area contributed by atoms with Crippen molar-refractivity contribution in [2.24, 2.45) is 0 Å². The summed E-state index contributed by atoms with van der Waals surface area (Å²) in [5, 5.41) is 4.37. The van der Waals surface area contributed by atoms with Crippen LogP contribution in [0, 0.1) is 6.92 Å². The second kappa shape index (κ2) is 6.97. The van der Waals surface area contributed by atoms with Gasteiger partial charge in [-0.1, -0.05) is 29.8 Å². The lowest BCUT2D eigenvalue weighted by molar-refractivity contribution is 0.0927. The van der Waals surface area contributed by atoms with E-state index in [1.807, 2.05) is 31.2 Å². The molecular weight excluding hydrogens is 326 g/mol. The van der Waals surface area contributed by atoms with E-state index in [1.165, 1.54) is 0 Å². The normalized spacial score (nSPS) is 10.8. The van der Waals surface area contributed by atoms with Crippen LogP contribution in [0.1, 0.15) is 21.7 Å². The summed E-state index contributed by atoms with van der Waals surface area (Å²) in [4.78, 5) is 12.4. The molecule has 0 saturated carbocycles. The molecule has 0 aliphatic carbocycles. The van der Waals surface area contributed by atoms with Gasteiger partial charge in [-0.25, -0.2) is 0 Å². The van der Waals surface area contributed by atoms with Crippen molar-refractivity contribution >= 4 is 28.5 Å². The van der Waals surface area contributed by atoms with E-state index in [0.29, 0.717) is 29.3 Å². The van der Waals surface area contributed by atoms with E-state index in [4.69, 9.17) is 20.8 Å². The number of furan rings is 1. The Balaban J connectivity index is 1.70. The lowest BCUT2D eigenvalue weighted by Crippen LogP contribution is -2.25. The van der Waals surface area contributed by atoms with Gasteiger partial charge >= 0.3 is 0 Å². The molecule has 5 heteroatoms. The molecular formula is C19H18ClNO3. The highest BCUT2D eigenvalue weighted by atomic mass is 35.5. The van der Waals surface area contributed by atoms with Crippen LogP contribution in [0.15, 0.2) is 46.9 Å². The van der Waals surface area contributed by atoms with E-state index in [9.17, 15) is 4.79 Å². The first-order chi connectivity index (χ1) is 11.6. The summed E-state index contributed by atoms with van der Waals surface area (Å²) in [7, 11) is 1.64. The molecule has 24 heavy (non-hydrogen) atoms. The Kier molecular flexibility index (Phi) is 4.76. The number of hydrogen-bond acceptors (Lipinski definition) is 3. The molecule has 0 fully saturated rings. The second-order valence-corrected chi connectivity index (χ2v) is 5.95. The van der Waals surface area contributed by atoms with Gasteiger partial charge in [0.05, 0.1) is 7.11 Å². The Hall–Kier alpha value is -2.46. The van der Waals surface area contributed by atoms with Crippen LogP contribution in [0.3, 0.4) is 0 Å². The molecule has 1 N–H and O–H groups in total. The largest absolute Gasteiger partial charge is 0.496 e. The van der Waals surface area contributed by atoms with Crippen LogP contribution < -0.4 is 10.1 Å². The van der Waals surface area contributed by atoms with Gasteiger partial charge in [0.1, 0.15) is 11.3 Å². The molecule has 1 aromatic heterocycles. The van der Waals surface area contributed by atoms with Crippen molar-refractivity contribution in [3.8, 4) is 5.75 Å². The van der Waals surface area contributed by atoms with Gasteiger partial charge in [0.2, 0.25) is 0 Å². The lowest BCUT2D eigenvalue weighted by Gasteiger charge is -2.08. The first-order valence-electron chi connectivity index (χ1n) is 7.69. The number of aryl methyl sites for hydroxylation is 1. The predicted octanol–water partition coefficient (Wildman–Crippen LogP) is 4.38. The minimum atomic E-state index is -0.227. The first-order valence-corrected chi connectivity index (χ1v) is 8.06. The maximum atomic E-state index is 12.4. The third kappa shape index (κ3) is 3.24. The van der Waals surface area contributed by atoms with Gasteiger partial charge in [-0.3, -0.25) is 4.79 Å². The van der Waals surface area contributed by atoms with Crippen molar-refractivity contribution in [1.82, 2.24) is 5.32 Å². The Morgan fingerprint density at radius 3 is 2.83 bits per heavy atom. The van der Waals surface area contributed by atoms with Crippen LogP contribution >= 0.6 is 11.6 Å². The van der Waals surface area contributed by atoms with Gasteiger partial charge < -0.3 is 14.5 Å². The van der Waals surface area contributed by atoms with Crippen molar-refractivity contribution in [2.75, 3.05) is 13.7 Å². The van der Waals surface area contributed by atoms with Crippen molar-refractivity contribution in [3.63, 3.8) is 0 Å². The minimum Gasteiger partial charge on any atom is -0.496 e. The zero-order valence-corrected chi connectivity index (χ0v) is 14.3. The van der Waals surface area contributed by atoms with Crippen LogP contribution in [0.5, 0.6) is 5.75 Å². The third-order valence-corrected chi connectivity index (χ3v) is 4.21. The molecule has 0 aliphatic heterocycles. The fourth-order valence-corrected chi connectivity index (χ4v) is 2.88. The Labute approximate surface area is 145 Å². The summed E-state index contributed by atoms with van der Waals surface area (Å²) in [5.41, 5.74) is 2.50. The standard InChI is InChI=1S/C19H18ClNO3/c1-12-15-11-14(20)7-8-17(15)24-18(12)19(22)21-10-9-13-5-3-4-6-16(13)23-2/h3-8,11H,9-10H2,1-2H3,(H,21,22). The average Bonchev–Trinajstić information content (AvgIpc) is 2.92. The van der Waals surface area contributed by atoms with Gasteiger partial charge in [0, 0.05) is 22.5 Å². The quantitative estimate of drug-likeness (QED) is 0.748. The molecule has 0 radical (unpaired) electrons. The first kappa shape index (κ1) is 16.4. The topological polar surface area (TPSA) is 51.5 Å². The molecule has 1 heterocycles. The Morgan fingerprint density at radius 1 is 1.25 bits per heavy atom. The SMILES string of the molecule is COc1ccccc1CCNC(=O)c1oc2ccc(Cl)cc2c1C. The van der Waals surface area contributed by atoms with Crippen molar-refractivity contribution in [2.45, 2.75) is 13.3 Å². The summed E-state index contributed by atoms with van der Waals surface area (Å²) in [6.45, 7) is 2.35. The fourth-order valence-electron chi connectivity index (χ4n) is 2.71. The smallest absolute Gasteiger partial charge is 0.287 e. The fraction of sp³-hybridized carbons (Fsp3) is 0.211. The lowest BCUT2D eigenvalue weighted by atomic mass is 10.1. The molecule has 1 amide bonds. The third-order valence-electron chi connectivity index (χ3n) is 3.98. The molecule has 3 rings (SSSR count). The highest BCUT2D eigenvalue weighted by Gasteiger charge is 2.17. The molecule has 0 spiro atoms. The second-order valence-electron chi connectivity index (χ2n) is 5.51. The monoisotopic (exact) mass is 343 g/mol. The number of rotatable bonds is 5. The number of carbonyl (C=O) groups excluding carboxylic acids is 1. The summed E-state index contributed by atoms with van der Waals surface area (Å²) in [6, 6.07) is 13.1. The van der Waals surface area contributed by atoms with Gasteiger partial charge in [-0.15, -0.1) is 0 Å². The summed E-state index contributed by atoms with van der Waals surface area (Å²) < 4.78 is 11.0. The van der Waals surface area contributed by atoms with Crippen LogP contribution in [-0.2, 0) is 6.42 Å². The number of para-hydroxylation sites is 1. The Bertz CT molecular complexity index is 885. The van der Waals surface area contributed by atoms with E-state index >= 15 is 0 Å². The van der Waals surface area contributed by atoms with Crippen molar-refractivity contribution in [3.05, 3.63) is 64.4 Å². The number of carbonyl (C=O) groups is 1. The van der Waals surface area contributed by atoms with E-state index in [0.717, 1.165) is 22.3 Å². The number of methoxy groups -OCH3 is 1. The van der Waals surface area contributed by atoms with Gasteiger partial charge in [0.25, 0.3) is 5.91 Å². The number of nitrogens with one attached hydrogen (secondary N) is 1. The highest BCUT2D eigenvalue weighted by Crippen LogP contribution is 2.27. The van der Waals surface area contributed by atoms with Crippen LogP contribution in [0.2, 0.25) is 5.02 Å². The number of halogens is 1. The number of fused-ring (bicyclic) bond motifs is 1. The van der Waals surface area contributed by atoms with E-state index in [2.05, 4.69) is 5.32 Å². The number of benzene rings is 2. The zero-order chi connectivity index (χ0) is 17.1. The molecule has 4 nitrogen and oxygen atoms in total. The molecule has 0 aliphatic rings. The summed E-state index contributed by atoms with van der Waals surface area (Å²) >= 11 is 6.01. The summed E-state index contributed by atoms with van der Waals surface area (Å²) in [5.74, 6) is 0.920. The van der Waals surface area contributed by atoms with Gasteiger partial charge in [0.15, 0.2) is 5.76 Å². The van der Waals surface area contributed by atoms with E-state index in [1.54, 1.807) is 25.3 Å². The van der Waals surface area contributed by atoms with Crippen LogP contribution in [0.25, 0.3) is 11.0 Å². The van der Waals surface area contributed by atoms with E-state index in [-0.39, 0.29) is 5.91 Å². The predicted molar refractivity (Wildman–Crippen MR) is 95.0 cm³/mol. The number of amides is 1. The molecule has 3 aromatic rings. The van der Waals surface area contributed by atoms with Crippen molar-refractivity contribution < 1.29 is 13.9 Å². The number of ether oxygens (including phenoxy) is 1. The molecule has 0 unspecified atom stereocenters. The summed E-state index contributed by atoms with van der Waals surface area (Å²) in [6.07, 6.45) is 0.681. The van der Waals surface area contributed by atoms with Crippen LogP contribution in [0.4, 0.5) is 0 Å². The van der Waals surface area contributed by atoms with Crippen molar-refractivity contribution in [1.29, 1.82) is 0 Å². The van der Waals surface area contributed by atoms with Crippen LogP contribution in [-0.4, -0.2) is 19.6 Å². The molecule has 0 bridgehead atoms. The zero-order valence-electron chi connectivity index (χ0n) is 13.6. The van der Waals surface area contributed by atoms with E-state index < -0.39 is 0 Å². The minimum absolute atomic E-state index is 0.227. The molecule has 0 atom stereocenters. The van der Waals surface area contributed by atoms with Gasteiger partial charge in [-0.2, -0.15) is 0 Å².